The van der Waals surface area contributed by atoms with E-state index >= 15 is 0 Å². The summed E-state index contributed by atoms with van der Waals surface area (Å²) in [4.78, 5) is 28.0. The maximum atomic E-state index is 9.96. The average Bonchev–Trinajstić information content (AvgIpc) is 2.10. The summed E-state index contributed by atoms with van der Waals surface area (Å²) in [6, 6.07) is -1.67. The van der Waals surface area contributed by atoms with E-state index in [0.717, 1.165) is 19.3 Å². The van der Waals surface area contributed by atoms with Crippen molar-refractivity contribution in [3.8, 4) is 0 Å². The lowest BCUT2D eigenvalue weighted by Crippen LogP contribution is -2.18. The van der Waals surface area contributed by atoms with Gasteiger partial charge in [0.05, 0.1) is 0 Å². The number of hydrogen-bond acceptors (Lipinski definition) is 3. The highest BCUT2D eigenvalue weighted by Gasteiger charge is 1.93. The predicted molar refractivity (Wildman–Crippen MR) is 63.9 cm³/mol. The van der Waals surface area contributed by atoms with Crippen molar-refractivity contribution in [3.05, 3.63) is 0 Å². The van der Waals surface area contributed by atoms with E-state index in [2.05, 4.69) is 29.9 Å². The van der Waals surface area contributed by atoms with Crippen LogP contribution in [0.2, 0.25) is 0 Å². The van der Waals surface area contributed by atoms with Gasteiger partial charge in [-0.15, -0.1) is 0 Å². The van der Waals surface area contributed by atoms with Gasteiger partial charge in [-0.3, -0.25) is 4.79 Å². The summed E-state index contributed by atoms with van der Waals surface area (Å²) < 4.78 is 0. The van der Waals surface area contributed by atoms with Crippen LogP contribution in [0, 0.1) is 0 Å². The van der Waals surface area contributed by atoms with Crippen LogP contribution in [0.1, 0.15) is 39.0 Å². The van der Waals surface area contributed by atoms with Crippen LogP contribution in [0.5, 0.6) is 0 Å². The van der Waals surface area contributed by atoms with Crippen LogP contribution in [0.4, 0.5) is 9.59 Å². The minimum Gasteiger partial charge on any atom is -0.481 e. The maximum absolute atomic E-state index is 9.96. The summed E-state index contributed by atoms with van der Waals surface area (Å²) >= 11 is 0. The van der Waals surface area contributed by atoms with Crippen LogP contribution in [0.15, 0.2) is 0 Å². The van der Waals surface area contributed by atoms with E-state index in [-0.39, 0.29) is 0 Å². The van der Waals surface area contributed by atoms with E-state index in [9.17, 15) is 4.79 Å². The van der Waals surface area contributed by atoms with Crippen molar-refractivity contribution < 1.29 is 19.5 Å². The first kappa shape index (κ1) is 20.4. The van der Waals surface area contributed by atoms with Crippen molar-refractivity contribution in [2.24, 2.45) is 22.9 Å². The molecule has 0 aliphatic carbocycles. The topological polar surface area (TPSA) is 176 Å². The molecule has 0 unspecified atom stereocenters. The molecule has 0 heterocycles. The number of carboxylic acid groups (broad SMARTS) is 1. The van der Waals surface area contributed by atoms with Gasteiger partial charge in [-0.25, -0.2) is 9.59 Å². The molecule has 102 valence electrons. The molecular formula is C9H22N4O4. The van der Waals surface area contributed by atoms with E-state index in [4.69, 9.17) is 14.7 Å². The third kappa shape index (κ3) is 126. The largest absolute Gasteiger partial charge is 0.481 e. The van der Waals surface area contributed by atoms with Crippen molar-refractivity contribution in [2.75, 3.05) is 0 Å². The molecule has 0 aliphatic rings. The van der Waals surface area contributed by atoms with Crippen LogP contribution in [0.3, 0.4) is 0 Å². The summed E-state index contributed by atoms with van der Waals surface area (Å²) in [5, 5.41) is 8.21. The molecular weight excluding hydrogens is 228 g/mol. The highest BCUT2D eigenvalue weighted by molar-refractivity contribution is 5.69. The molecule has 0 rings (SSSR count). The quantitative estimate of drug-likeness (QED) is 0.434. The SMILES string of the molecule is CCCCCCC(=O)O.NC(N)=O.NC(N)=O. The van der Waals surface area contributed by atoms with Crippen LogP contribution in [-0.2, 0) is 4.79 Å². The second kappa shape index (κ2) is 16.4. The van der Waals surface area contributed by atoms with E-state index in [1.165, 1.54) is 6.42 Å². The molecule has 4 amide bonds. The molecule has 0 aromatic carbocycles. The molecule has 9 N–H and O–H groups in total. The van der Waals surface area contributed by atoms with Crippen LogP contribution >= 0.6 is 0 Å². The number of carbonyl (C=O) groups is 3. The van der Waals surface area contributed by atoms with Gasteiger partial charge < -0.3 is 28.0 Å². The highest BCUT2D eigenvalue weighted by Crippen LogP contribution is 2.01. The minimum absolute atomic E-state index is 0.333. The summed E-state index contributed by atoms with van der Waals surface area (Å²) in [6.45, 7) is 2.11. The molecule has 0 aromatic rings. The van der Waals surface area contributed by atoms with Crippen molar-refractivity contribution >= 4 is 18.0 Å². The van der Waals surface area contributed by atoms with Crippen molar-refractivity contribution in [2.45, 2.75) is 39.0 Å². The Morgan fingerprint density at radius 1 is 0.882 bits per heavy atom. The summed E-state index contributed by atoms with van der Waals surface area (Å²) in [6.07, 6.45) is 4.55. The number of amides is 4. The zero-order valence-electron chi connectivity index (χ0n) is 10.0. The fourth-order valence-corrected chi connectivity index (χ4v) is 0.703. The van der Waals surface area contributed by atoms with E-state index < -0.39 is 18.0 Å². The first-order chi connectivity index (χ1) is 7.73. The van der Waals surface area contributed by atoms with Gasteiger partial charge in [0.25, 0.3) is 0 Å². The molecule has 0 aliphatic heterocycles. The highest BCUT2D eigenvalue weighted by atomic mass is 16.4. The lowest BCUT2D eigenvalue weighted by atomic mass is 10.2. The summed E-state index contributed by atoms with van der Waals surface area (Å²) in [5.41, 5.74) is 17.0. The molecule has 0 atom stereocenters. The number of carboxylic acids is 1. The molecule has 8 heteroatoms. The van der Waals surface area contributed by atoms with Gasteiger partial charge in [0.15, 0.2) is 0 Å². The summed E-state index contributed by atoms with van der Waals surface area (Å²) in [7, 11) is 0. The normalized spacial score (nSPS) is 7.82. The first-order valence-electron chi connectivity index (χ1n) is 5.05. The second-order valence-electron chi connectivity index (χ2n) is 3.01. The number of aliphatic carboxylic acids is 1. The molecule has 0 spiro atoms. The third-order valence-corrected chi connectivity index (χ3v) is 1.24. The maximum Gasteiger partial charge on any atom is 0.309 e. The number of unbranched alkanes of at least 4 members (excludes halogenated alkanes) is 3. The number of primary amides is 4. The molecule has 0 bridgehead atoms. The van der Waals surface area contributed by atoms with Crippen molar-refractivity contribution in [1.82, 2.24) is 0 Å². The standard InChI is InChI=1S/C7H14O2.2CH4N2O/c1-2-3-4-5-6-7(8)9;2*2-1(3)4/h2-6H2,1H3,(H,8,9);2*(H4,2,3,4). The Kier molecular flexibility index (Phi) is 19.8. The average molecular weight is 250 g/mol. The van der Waals surface area contributed by atoms with Crippen molar-refractivity contribution in [3.63, 3.8) is 0 Å². The Bertz CT molecular complexity index is 201. The monoisotopic (exact) mass is 250 g/mol. The van der Waals surface area contributed by atoms with Gasteiger partial charge in [0.2, 0.25) is 0 Å². The molecule has 0 saturated heterocycles. The van der Waals surface area contributed by atoms with Crippen molar-refractivity contribution in [1.29, 1.82) is 0 Å². The van der Waals surface area contributed by atoms with Crippen LogP contribution in [-0.4, -0.2) is 23.1 Å². The zero-order chi connectivity index (χ0) is 14.3. The summed E-state index contributed by atoms with van der Waals surface area (Å²) in [5.74, 6) is -0.675. The van der Waals surface area contributed by atoms with Crippen LogP contribution < -0.4 is 22.9 Å². The lowest BCUT2D eigenvalue weighted by molar-refractivity contribution is -0.137. The van der Waals surface area contributed by atoms with Gasteiger partial charge in [0.1, 0.15) is 0 Å². The van der Waals surface area contributed by atoms with Gasteiger partial charge in [0, 0.05) is 6.42 Å². The number of hydrogen-bond donors (Lipinski definition) is 5. The van der Waals surface area contributed by atoms with E-state index in [0.29, 0.717) is 6.42 Å². The minimum atomic E-state index is -0.833. The third-order valence-electron chi connectivity index (χ3n) is 1.24. The molecule has 0 saturated carbocycles. The fourth-order valence-electron chi connectivity index (χ4n) is 0.703. The smallest absolute Gasteiger partial charge is 0.309 e. The van der Waals surface area contributed by atoms with Crippen LogP contribution in [0.25, 0.3) is 0 Å². The number of rotatable bonds is 5. The zero-order valence-corrected chi connectivity index (χ0v) is 10.0. The van der Waals surface area contributed by atoms with Gasteiger partial charge >= 0.3 is 18.0 Å². The van der Waals surface area contributed by atoms with E-state index in [1.54, 1.807) is 0 Å². The molecule has 17 heavy (non-hydrogen) atoms. The predicted octanol–water partition coefficient (Wildman–Crippen LogP) is 0.0890. The Balaban J connectivity index is -0.000000205. The number of nitrogens with two attached hydrogens (primary N) is 4. The van der Waals surface area contributed by atoms with Gasteiger partial charge in [-0.2, -0.15) is 0 Å². The fraction of sp³-hybridized carbons (Fsp3) is 0.667. The number of carbonyl (C=O) groups excluding carboxylic acids is 2. The first-order valence-corrected chi connectivity index (χ1v) is 5.05. The lowest BCUT2D eigenvalue weighted by Gasteiger charge is -1.92. The number of urea groups is 2. The Morgan fingerprint density at radius 2 is 1.24 bits per heavy atom. The second-order valence-corrected chi connectivity index (χ2v) is 3.01. The molecule has 0 aromatic heterocycles. The molecule has 0 fully saturated rings. The molecule has 8 nitrogen and oxygen atoms in total. The van der Waals surface area contributed by atoms with Gasteiger partial charge in [-0.05, 0) is 6.42 Å². The molecule has 0 radical (unpaired) electrons. The van der Waals surface area contributed by atoms with Gasteiger partial charge in [-0.1, -0.05) is 26.2 Å². The Labute approximate surface area is 100 Å². The Morgan fingerprint density at radius 3 is 1.47 bits per heavy atom. The van der Waals surface area contributed by atoms with E-state index in [1.807, 2.05) is 0 Å². The Hall–Kier alpha value is -1.99.